The number of aromatic nitrogens is 1. The summed E-state index contributed by atoms with van der Waals surface area (Å²) >= 11 is 0. The molecule has 0 saturated carbocycles. The van der Waals surface area contributed by atoms with Gasteiger partial charge in [0.15, 0.2) is 0 Å². The summed E-state index contributed by atoms with van der Waals surface area (Å²) in [4.78, 5) is 34.5. The van der Waals surface area contributed by atoms with Gasteiger partial charge in [-0.25, -0.2) is 9.59 Å². The summed E-state index contributed by atoms with van der Waals surface area (Å²) in [5, 5.41) is 28.1. The lowest BCUT2D eigenvalue weighted by Gasteiger charge is -2.28. The maximum absolute atomic E-state index is 13.1. The Kier molecular flexibility index (Phi) is 11.9. The lowest BCUT2D eigenvalue weighted by Crippen LogP contribution is -2.40. The van der Waals surface area contributed by atoms with Crippen molar-refractivity contribution in [1.29, 1.82) is 0 Å². The molecular formula is C30H38N2O6. The van der Waals surface area contributed by atoms with Crippen LogP contribution in [0.5, 0.6) is 0 Å². The van der Waals surface area contributed by atoms with Crippen molar-refractivity contribution in [3.8, 4) is 11.1 Å². The average molecular weight is 523 g/mol. The van der Waals surface area contributed by atoms with Gasteiger partial charge in [0.05, 0.1) is 12.6 Å². The highest BCUT2D eigenvalue weighted by molar-refractivity contribution is 5.95. The molecule has 8 heteroatoms. The van der Waals surface area contributed by atoms with Crippen LogP contribution in [0, 0.1) is 11.8 Å². The van der Waals surface area contributed by atoms with Crippen LogP contribution in [0.1, 0.15) is 27.7 Å². The molecule has 1 heterocycles. The lowest BCUT2D eigenvalue weighted by molar-refractivity contribution is -0.134. The van der Waals surface area contributed by atoms with Crippen LogP contribution in [0.15, 0.2) is 77.7 Å². The molecule has 3 rings (SSSR count). The predicted molar refractivity (Wildman–Crippen MR) is 150 cm³/mol. The van der Waals surface area contributed by atoms with Gasteiger partial charge < -0.3 is 24.8 Å². The van der Waals surface area contributed by atoms with Gasteiger partial charge >= 0.3 is 11.9 Å². The van der Waals surface area contributed by atoms with Crippen LogP contribution in [0.2, 0.25) is 0 Å². The second-order valence-electron chi connectivity index (χ2n) is 10.1. The Labute approximate surface area is 223 Å². The molecule has 1 atom stereocenters. The molecule has 0 amide bonds. The van der Waals surface area contributed by atoms with Crippen LogP contribution in [0.25, 0.3) is 21.9 Å². The standard InChI is InChI=1S/C26H34N2O2.C4H4O4/c1-19(2)14-27(15-20(3)4)16-22(29)17-28-18-25(21-10-6-5-7-11-21)23-12-8-9-13-24(23)26(28)30;5-3(6)1-2-4(7)8/h5-13,18-20,22,29H,14-17H2,1-4H3;1-2H,(H,5,6)(H,7,8)/b;2-1-. The third-order valence-corrected chi connectivity index (χ3v) is 5.57. The molecule has 3 aromatic rings. The molecule has 0 spiro atoms. The molecule has 1 aromatic heterocycles. The molecule has 0 bridgehead atoms. The van der Waals surface area contributed by atoms with E-state index in [1.54, 1.807) is 4.57 Å². The lowest BCUT2D eigenvalue weighted by atomic mass is 10.0. The van der Waals surface area contributed by atoms with Crippen molar-refractivity contribution in [2.75, 3.05) is 19.6 Å². The summed E-state index contributed by atoms with van der Waals surface area (Å²) in [6, 6.07) is 17.8. The number of fused-ring (bicyclic) bond motifs is 1. The summed E-state index contributed by atoms with van der Waals surface area (Å²) in [6.07, 6.45) is 2.41. The molecule has 0 fully saturated rings. The van der Waals surface area contributed by atoms with Crippen LogP contribution in [-0.4, -0.2) is 62.5 Å². The summed E-state index contributed by atoms with van der Waals surface area (Å²) in [5.41, 5.74) is 2.03. The number of aliphatic hydroxyl groups is 1. The summed E-state index contributed by atoms with van der Waals surface area (Å²) in [6.45, 7) is 11.5. The maximum Gasteiger partial charge on any atom is 0.328 e. The summed E-state index contributed by atoms with van der Waals surface area (Å²) in [5.74, 6) is -1.45. The third-order valence-electron chi connectivity index (χ3n) is 5.57. The molecule has 0 saturated heterocycles. The van der Waals surface area contributed by atoms with E-state index in [-0.39, 0.29) is 12.1 Å². The number of carboxylic acid groups (broad SMARTS) is 2. The molecule has 1 unspecified atom stereocenters. The van der Waals surface area contributed by atoms with Gasteiger partial charge in [0.2, 0.25) is 0 Å². The van der Waals surface area contributed by atoms with E-state index >= 15 is 0 Å². The zero-order chi connectivity index (χ0) is 28.2. The third kappa shape index (κ3) is 9.95. The minimum Gasteiger partial charge on any atom is -0.478 e. The van der Waals surface area contributed by atoms with Crippen LogP contribution in [0.3, 0.4) is 0 Å². The van der Waals surface area contributed by atoms with Gasteiger partial charge in [-0.3, -0.25) is 4.79 Å². The van der Waals surface area contributed by atoms with E-state index in [4.69, 9.17) is 10.2 Å². The van der Waals surface area contributed by atoms with Crippen molar-refractivity contribution >= 4 is 22.7 Å². The molecule has 204 valence electrons. The minimum atomic E-state index is -1.26. The Morgan fingerprint density at radius 3 is 1.82 bits per heavy atom. The molecule has 2 aromatic carbocycles. The first kappa shape index (κ1) is 30.5. The van der Waals surface area contributed by atoms with Gasteiger partial charge in [0.1, 0.15) is 0 Å². The second-order valence-corrected chi connectivity index (χ2v) is 10.1. The molecule has 0 aliphatic carbocycles. The topological polar surface area (TPSA) is 120 Å². The maximum atomic E-state index is 13.1. The summed E-state index contributed by atoms with van der Waals surface area (Å²) in [7, 11) is 0. The van der Waals surface area contributed by atoms with Crippen molar-refractivity contribution < 1.29 is 24.9 Å². The molecular weight excluding hydrogens is 484 g/mol. The van der Waals surface area contributed by atoms with Crippen LogP contribution < -0.4 is 5.56 Å². The highest BCUT2D eigenvalue weighted by Gasteiger charge is 2.17. The van der Waals surface area contributed by atoms with Crippen molar-refractivity contribution in [2.45, 2.75) is 40.3 Å². The van der Waals surface area contributed by atoms with Crippen LogP contribution >= 0.6 is 0 Å². The highest BCUT2D eigenvalue weighted by atomic mass is 16.4. The number of aliphatic hydroxyl groups excluding tert-OH is 1. The predicted octanol–water partition coefficient (Wildman–Crippen LogP) is 4.36. The number of pyridine rings is 1. The van der Waals surface area contributed by atoms with E-state index < -0.39 is 18.0 Å². The number of hydrogen-bond acceptors (Lipinski definition) is 5. The fourth-order valence-corrected chi connectivity index (χ4v) is 4.31. The first-order valence-electron chi connectivity index (χ1n) is 12.7. The van der Waals surface area contributed by atoms with Crippen molar-refractivity contribution in [3.63, 3.8) is 0 Å². The van der Waals surface area contributed by atoms with Gasteiger partial charge in [-0.2, -0.15) is 0 Å². The molecule has 0 aliphatic heterocycles. The van der Waals surface area contributed by atoms with E-state index in [0.29, 0.717) is 35.9 Å². The van der Waals surface area contributed by atoms with E-state index in [9.17, 15) is 19.5 Å². The van der Waals surface area contributed by atoms with Crippen molar-refractivity contribution in [3.05, 3.63) is 83.3 Å². The second kappa shape index (κ2) is 14.9. The first-order chi connectivity index (χ1) is 18.0. The fourth-order valence-electron chi connectivity index (χ4n) is 4.31. The molecule has 8 nitrogen and oxygen atoms in total. The average Bonchev–Trinajstić information content (AvgIpc) is 2.84. The monoisotopic (exact) mass is 522 g/mol. The van der Waals surface area contributed by atoms with E-state index in [0.717, 1.165) is 29.6 Å². The van der Waals surface area contributed by atoms with E-state index in [1.807, 2.05) is 48.7 Å². The number of carbonyl (C=O) groups is 2. The zero-order valence-corrected chi connectivity index (χ0v) is 22.4. The molecule has 0 radical (unpaired) electrons. The van der Waals surface area contributed by atoms with E-state index in [2.05, 4.69) is 44.7 Å². The molecule has 38 heavy (non-hydrogen) atoms. The Morgan fingerprint density at radius 1 is 0.816 bits per heavy atom. The number of benzene rings is 2. The SMILES string of the molecule is CC(C)CN(CC(C)C)CC(O)Cn1cc(-c2ccccc2)c2ccccc2c1=O.O=C(O)/C=C\C(=O)O. The fraction of sp³-hybridized carbons (Fsp3) is 0.367. The number of nitrogens with zero attached hydrogens (tertiary/aromatic N) is 2. The Hall–Kier alpha value is -3.75. The summed E-state index contributed by atoms with van der Waals surface area (Å²) < 4.78 is 1.68. The van der Waals surface area contributed by atoms with Gasteiger partial charge in [0, 0.05) is 48.9 Å². The number of carboxylic acids is 2. The largest absolute Gasteiger partial charge is 0.478 e. The van der Waals surface area contributed by atoms with Crippen molar-refractivity contribution in [1.82, 2.24) is 9.47 Å². The van der Waals surface area contributed by atoms with Crippen molar-refractivity contribution in [2.24, 2.45) is 11.8 Å². The Morgan fingerprint density at radius 2 is 1.32 bits per heavy atom. The van der Waals surface area contributed by atoms with Gasteiger partial charge in [-0.05, 0) is 28.9 Å². The molecule has 0 aliphatic rings. The first-order valence-corrected chi connectivity index (χ1v) is 12.7. The minimum absolute atomic E-state index is 0.0522. The Balaban J connectivity index is 0.000000550. The Bertz CT molecular complexity index is 1250. The van der Waals surface area contributed by atoms with Crippen LogP contribution in [0.4, 0.5) is 0 Å². The normalized spacial score (nSPS) is 12.2. The number of hydrogen-bond donors (Lipinski definition) is 3. The van der Waals surface area contributed by atoms with Gasteiger partial charge in [0.25, 0.3) is 5.56 Å². The van der Waals surface area contributed by atoms with Gasteiger partial charge in [-0.15, -0.1) is 0 Å². The van der Waals surface area contributed by atoms with E-state index in [1.165, 1.54) is 0 Å². The van der Waals surface area contributed by atoms with Crippen LogP contribution in [-0.2, 0) is 16.1 Å². The quantitative estimate of drug-likeness (QED) is 0.320. The smallest absolute Gasteiger partial charge is 0.328 e. The van der Waals surface area contributed by atoms with Gasteiger partial charge in [-0.1, -0.05) is 76.2 Å². The number of aliphatic carboxylic acids is 2. The highest BCUT2D eigenvalue weighted by Crippen LogP contribution is 2.26. The zero-order valence-electron chi connectivity index (χ0n) is 22.4. The number of rotatable bonds is 11. The molecule has 3 N–H and O–H groups in total.